The maximum Gasteiger partial charge on any atom is 0.263 e. The highest BCUT2D eigenvalue weighted by Gasteiger charge is 2.27. The zero-order valence-electron chi connectivity index (χ0n) is 31.8. The van der Waals surface area contributed by atoms with Crippen LogP contribution >= 0.6 is 0 Å². The number of pyridine rings is 2. The summed E-state index contributed by atoms with van der Waals surface area (Å²) in [6.45, 7) is 7.90. The van der Waals surface area contributed by atoms with Crippen molar-refractivity contribution >= 4 is 51.0 Å². The fourth-order valence-electron chi connectivity index (χ4n) is 9.07. The van der Waals surface area contributed by atoms with E-state index in [1.54, 1.807) is 17.7 Å². The first-order valence-corrected chi connectivity index (χ1v) is 19.8. The van der Waals surface area contributed by atoms with Crippen LogP contribution in [0.2, 0.25) is 0 Å². The Balaban J connectivity index is 0.818. The van der Waals surface area contributed by atoms with Crippen molar-refractivity contribution in [2.24, 2.45) is 0 Å². The zero-order valence-corrected chi connectivity index (χ0v) is 31.8. The number of hydrogen-bond acceptors (Lipinski definition) is 9. The summed E-state index contributed by atoms with van der Waals surface area (Å²) < 4.78 is 16.1. The van der Waals surface area contributed by atoms with E-state index in [9.17, 15) is 18.8 Å². The molecule has 4 aromatic heterocycles. The number of aryl methyl sites for hydroxylation is 2. The van der Waals surface area contributed by atoms with Gasteiger partial charge in [0.2, 0.25) is 5.95 Å². The summed E-state index contributed by atoms with van der Waals surface area (Å²) in [5, 5.41) is 4.81. The molecule has 1 saturated heterocycles. The second-order valence-corrected chi connectivity index (χ2v) is 15.5. The molecule has 56 heavy (non-hydrogen) atoms. The van der Waals surface area contributed by atoms with Crippen LogP contribution in [-0.2, 0) is 12.8 Å². The van der Waals surface area contributed by atoms with Gasteiger partial charge in [-0.3, -0.25) is 23.9 Å². The average Bonchev–Trinajstić information content (AvgIpc) is 3.82. The van der Waals surface area contributed by atoms with E-state index in [1.165, 1.54) is 24.6 Å². The smallest absolute Gasteiger partial charge is 0.263 e. The minimum absolute atomic E-state index is 0.0154. The largest absolute Gasteiger partial charge is 0.368 e. The highest BCUT2D eigenvalue weighted by Crippen LogP contribution is 2.37. The van der Waals surface area contributed by atoms with E-state index in [2.05, 4.69) is 60.4 Å². The number of nitrogens with zero attached hydrogens (tertiary/aromatic N) is 6. The van der Waals surface area contributed by atoms with Crippen LogP contribution in [0.15, 0.2) is 65.7 Å². The van der Waals surface area contributed by atoms with Gasteiger partial charge < -0.3 is 15.2 Å². The Morgan fingerprint density at radius 3 is 2.46 bits per heavy atom. The van der Waals surface area contributed by atoms with Gasteiger partial charge in [0.25, 0.3) is 5.56 Å². The number of rotatable bonds is 9. The molecule has 6 aromatic rings. The molecule has 0 amide bonds. The van der Waals surface area contributed by atoms with Crippen LogP contribution in [-0.4, -0.2) is 73.7 Å². The average molecular weight is 753 g/mol. The normalized spacial score (nSPS) is 16.6. The maximum absolute atomic E-state index is 14.4. The molecule has 9 rings (SSSR count). The molecule has 3 aliphatic rings. The topological polar surface area (TPSA) is 129 Å². The SMILES string of the molecule is CC(=O)c1c(C)c2cnc(Nc3ccc(N4CCN(CCc5ccc(-c6[nH]c7cc(F)cc8c7c6CCCC8=O)cc5)CC4)cn3)nc2n(C2CCCC2)c1=O. The summed E-state index contributed by atoms with van der Waals surface area (Å²) in [5.41, 5.74) is 7.78. The van der Waals surface area contributed by atoms with Crippen LogP contribution < -0.4 is 15.8 Å². The van der Waals surface area contributed by atoms with Crippen LogP contribution in [0, 0.1) is 12.7 Å². The molecule has 2 aliphatic carbocycles. The van der Waals surface area contributed by atoms with Crippen LogP contribution in [0.25, 0.3) is 33.2 Å². The van der Waals surface area contributed by atoms with Crippen LogP contribution in [0.3, 0.4) is 0 Å². The van der Waals surface area contributed by atoms with E-state index >= 15 is 0 Å². The quantitative estimate of drug-likeness (QED) is 0.143. The Kier molecular flexibility index (Phi) is 9.44. The standard InChI is InChI=1S/C44H45FN8O3/c1-26-35-25-47-44(50-42(35)53(31-6-3-4-7-31)43(56)39(26)27(2)54)49-38-15-14-32(24-46-38)52-20-18-51(19-21-52)17-16-28-10-12-29(13-11-28)41-33-8-5-9-37(55)34-22-30(45)23-36(48-41)40(33)34/h10-15,22-25,31,48H,3-9,16-21H2,1-2H3,(H,46,47,49,50). The third-order valence-corrected chi connectivity index (χ3v) is 12.0. The number of carbonyl (C=O) groups excluding carboxylic acids is 2. The van der Waals surface area contributed by atoms with E-state index < -0.39 is 0 Å². The van der Waals surface area contributed by atoms with E-state index in [0.717, 1.165) is 106 Å². The van der Waals surface area contributed by atoms with Gasteiger partial charge in [0.05, 0.1) is 17.4 Å². The first-order valence-electron chi connectivity index (χ1n) is 19.8. The van der Waals surface area contributed by atoms with E-state index in [4.69, 9.17) is 4.98 Å². The fourth-order valence-corrected chi connectivity index (χ4v) is 9.07. The molecule has 1 saturated carbocycles. The summed E-state index contributed by atoms with van der Waals surface area (Å²) in [4.78, 5) is 61.0. The number of fused-ring (bicyclic) bond motifs is 1. The van der Waals surface area contributed by atoms with Gasteiger partial charge in [-0.15, -0.1) is 0 Å². The number of hydrogen-bond donors (Lipinski definition) is 2. The van der Waals surface area contributed by atoms with Crippen molar-refractivity contribution in [3.8, 4) is 11.3 Å². The Morgan fingerprint density at radius 1 is 0.946 bits per heavy atom. The van der Waals surface area contributed by atoms with Gasteiger partial charge in [0.1, 0.15) is 17.3 Å². The number of nitrogens with one attached hydrogen (secondary N) is 2. The van der Waals surface area contributed by atoms with Gasteiger partial charge in [-0.2, -0.15) is 4.98 Å². The molecule has 2 N–H and O–H groups in total. The van der Waals surface area contributed by atoms with Crippen LogP contribution in [0.1, 0.15) is 88.9 Å². The number of piperazine rings is 1. The molecule has 12 heteroatoms. The van der Waals surface area contributed by atoms with Crippen molar-refractivity contribution in [3.05, 3.63) is 105 Å². The molecule has 0 bridgehead atoms. The number of carbonyl (C=O) groups is 2. The van der Waals surface area contributed by atoms with Crippen molar-refractivity contribution in [2.45, 2.75) is 71.3 Å². The van der Waals surface area contributed by atoms with Gasteiger partial charge in [0, 0.05) is 78.9 Å². The Hall–Kier alpha value is -5.75. The van der Waals surface area contributed by atoms with Crippen molar-refractivity contribution in [1.29, 1.82) is 0 Å². The second-order valence-electron chi connectivity index (χ2n) is 15.5. The Bertz CT molecular complexity index is 2550. The number of benzene rings is 2. The van der Waals surface area contributed by atoms with Gasteiger partial charge in [-0.1, -0.05) is 37.1 Å². The third-order valence-electron chi connectivity index (χ3n) is 12.0. The molecule has 2 fully saturated rings. The predicted octanol–water partition coefficient (Wildman–Crippen LogP) is 7.73. The fraction of sp³-hybridized carbons (Fsp3) is 0.364. The van der Waals surface area contributed by atoms with E-state index in [-0.39, 0.29) is 34.5 Å². The molecule has 0 radical (unpaired) electrons. The minimum Gasteiger partial charge on any atom is -0.368 e. The third kappa shape index (κ3) is 6.65. The van der Waals surface area contributed by atoms with Crippen molar-refractivity contribution < 1.29 is 14.0 Å². The number of Topliss-reactive ketones (excluding diaryl/α,β-unsaturated/α-hetero) is 2. The maximum atomic E-state index is 14.4. The summed E-state index contributed by atoms with van der Waals surface area (Å²) in [6.07, 6.45) is 10.4. The van der Waals surface area contributed by atoms with Crippen LogP contribution in [0.5, 0.6) is 0 Å². The van der Waals surface area contributed by atoms with Crippen molar-refractivity contribution in [1.82, 2.24) is 29.4 Å². The van der Waals surface area contributed by atoms with Crippen LogP contribution in [0.4, 0.5) is 21.8 Å². The minimum atomic E-state index is -0.384. The van der Waals surface area contributed by atoms with Gasteiger partial charge in [0.15, 0.2) is 11.6 Å². The Morgan fingerprint density at radius 2 is 1.73 bits per heavy atom. The van der Waals surface area contributed by atoms with Gasteiger partial charge >= 0.3 is 0 Å². The lowest BCUT2D eigenvalue weighted by molar-refractivity contribution is 0.0980. The molecule has 0 unspecified atom stereocenters. The molecule has 0 atom stereocenters. The highest BCUT2D eigenvalue weighted by atomic mass is 19.1. The molecule has 2 aromatic carbocycles. The van der Waals surface area contributed by atoms with Gasteiger partial charge in [-0.05, 0) is 92.5 Å². The summed E-state index contributed by atoms with van der Waals surface area (Å²) >= 11 is 0. The van der Waals surface area contributed by atoms with E-state index in [0.29, 0.717) is 45.9 Å². The number of ketones is 2. The Labute approximate surface area is 324 Å². The van der Waals surface area contributed by atoms with Gasteiger partial charge in [-0.25, -0.2) is 14.4 Å². The number of anilines is 3. The molecular formula is C44H45FN8O3. The monoisotopic (exact) mass is 752 g/mol. The number of H-pyrrole nitrogens is 1. The van der Waals surface area contributed by atoms with E-state index in [1.807, 2.05) is 12.3 Å². The first-order chi connectivity index (χ1) is 27.2. The molecule has 1 aliphatic heterocycles. The lowest BCUT2D eigenvalue weighted by atomic mass is 9.99. The number of halogens is 1. The predicted molar refractivity (Wildman–Crippen MR) is 217 cm³/mol. The molecule has 5 heterocycles. The number of aromatic nitrogens is 5. The van der Waals surface area contributed by atoms with Crippen molar-refractivity contribution in [3.63, 3.8) is 0 Å². The van der Waals surface area contributed by atoms with Crippen molar-refractivity contribution in [2.75, 3.05) is 42.9 Å². The lowest BCUT2D eigenvalue weighted by Gasteiger charge is -2.36. The summed E-state index contributed by atoms with van der Waals surface area (Å²) in [5.74, 6) is 0.358. The summed E-state index contributed by atoms with van der Waals surface area (Å²) in [7, 11) is 0. The first kappa shape index (κ1) is 35.9. The summed E-state index contributed by atoms with van der Waals surface area (Å²) in [6, 6.07) is 15.5. The molecule has 11 nitrogen and oxygen atoms in total. The second kappa shape index (κ2) is 14.7. The zero-order chi connectivity index (χ0) is 38.5. The molecule has 0 spiro atoms. The highest BCUT2D eigenvalue weighted by molar-refractivity contribution is 6.11. The number of aromatic amines is 1. The lowest BCUT2D eigenvalue weighted by Crippen LogP contribution is -2.47. The molecular weight excluding hydrogens is 708 g/mol. The molecule has 286 valence electrons.